The maximum absolute atomic E-state index is 13.5. The Morgan fingerprint density at radius 3 is 2.35 bits per heavy atom. The molecule has 12 nitrogen and oxygen atoms in total. The summed E-state index contributed by atoms with van der Waals surface area (Å²) >= 11 is 0. The summed E-state index contributed by atoms with van der Waals surface area (Å²) in [4.78, 5) is 34.2. The van der Waals surface area contributed by atoms with Crippen molar-refractivity contribution in [3.05, 3.63) is 88.5 Å². The van der Waals surface area contributed by atoms with Crippen LogP contribution in [0.25, 0.3) is 0 Å². The Bertz CT molecular complexity index is 1420. The Balaban J connectivity index is 1.84. The number of hydrazone groups is 1. The molecule has 0 spiro atoms. The Kier molecular flexibility index (Phi) is 8.53. The van der Waals surface area contributed by atoms with E-state index >= 15 is 0 Å². The molecule has 0 radical (unpaired) electrons. The molecule has 0 fully saturated rings. The van der Waals surface area contributed by atoms with Crippen LogP contribution in [-0.4, -0.2) is 45.0 Å². The first-order valence-electron chi connectivity index (χ1n) is 10.7. The van der Waals surface area contributed by atoms with Gasteiger partial charge in [0.05, 0.1) is 28.8 Å². The van der Waals surface area contributed by atoms with Gasteiger partial charge in [-0.15, -0.1) is 0 Å². The van der Waals surface area contributed by atoms with E-state index in [2.05, 4.69) is 15.8 Å². The first-order valence-corrected chi connectivity index (χ1v) is 12.1. The topological polar surface area (TPSA) is 160 Å². The van der Waals surface area contributed by atoms with Crippen LogP contribution in [0.3, 0.4) is 0 Å². The predicted octanol–water partition coefficient (Wildman–Crippen LogP) is 2.91. The van der Waals surface area contributed by atoms with E-state index < -0.39 is 27.4 Å². The van der Waals surface area contributed by atoms with Gasteiger partial charge in [-0.2, -0.15) is 5.10 Å². The molecule has 0 heterocycles. The number of nitro benzene ring substituents is 1. The standard InChI is InChI=1S/C24H23N5O7S/c1-17(30)26-19-6-12-23(13-7-19)37(34,35)28(20-8-10-22(36-2)11-9-20)16-24(31)27-25-15-18-4-3-5-21(14-18)29(32)33/h3-15H,16H2,1-2H3,(H,26,30)(H,27,31)/b25-15-. The molecule has 0 saturated heterocycles. The lowest BCUT2D eigenvalue weighted by molar-refractivity contribution is -0.384. The van der Waals surface area contributed by atoms with Gasteiger partial charge < -0.3 is 10.1 Å². The first kappa shape index (κ1) is 26.8. The number of rotatable bonds is 10. The molecular weight excluding hydrogens is 502 g/mol. The summed E-state index contributed by atoms with van der Waals surface area (Å²) in [6.07, 6.45) is 1.21. The highest BCUT2D eigenvalue weighted by Gasteiger charge is 2.27. The number of hydrogen-bond acceptors (Lipinski definition) is 8. The quantitative estimate of drug-likeness (QED) is 0.234. The second-order valence-corrected chi connectivity index (χ2v) is 9.42. The van der Waals surface area contributed by atoms with Crippen molar-refractivity contribution in [1.82, 2.24) is 5.43 Å². The number of methoxy groups -OCH3 is 1. The Morgan fingerprint density at radius 1 is 1.08 bits per heavy atom. The minimum atomic E-state index is -4.21. The zero-order valence-electron chi connectivity index (χ0n) is 19.8. The van der Waals surface area contributed by atoms with Crippen LogP contribution in [0.1, 0.15) is 12.5 Å². The van der Waals surface area contributed by atoms with Crippen molar-refractivity contribution >= 4 is 45.1 Å². The minimum absolute atomic E-state index is 0.106. The minimum Gasteiger partial charge on any atom is -0.497 e. The third-order valence-electron chi connectivity index (χ3n) is 4.89. The maximum Gasteiger partial charge on any atom is 0.270 e. The van der Waals surface area contributed by atoms with Crippen molar-refractivity contribution in [2.24, 2.45) is 5.10 Å². The van der Waals surface area contributed by atoms with Crippen molar-refractivity contribution in [2.75, 3.05) is 23.3 Å². The molecule has 192 valence electrons. The van der Waals surface area contributed by atoms with Crippen LogP contribution in [0.4, 0.5) is 17.1 Å². The summed E-state index contributed by atoms with van der Waals surface area (Å²) in [5, 5.41) is 17.2. The van der Waals surface area contributed by atoms with E-state index in [-0.39, 0.29) is 22.2 Å². The molecule has 0 aliphatic heterocycles. The fourth-order valence-corrected chi connectivity index (χ4v) is 4.59. The lowest BCUT2D eigenvalue weighted by Crippen LogP contribution is -2.39. The summed E-state index contributed by atoms with van der Waals surface area (Å²) in [7, 11) is -2.75. The van der Waals surface area contributed by atoms with E-state index in [1.807, 2.05) is 0 Å². The number of hydrogen-bond donors (Lipinski definition) is 2. The molecule has 2 N–H and O–H groups in total. The van der Waals surface area contributed by atoms with Crippen LogP contribution in [0, 0.1) is 10.1 Å². The van der Waals surface area contributed by atoms with E-state index in [1.165, 1.54) is 74.8 Å². The highest BCUT2D eigenvalue weighted by atomic mass is 32.2. The largest absolute Gasteiger partial charge is 0.497 e. The van der Waals surface area contributed by atoms with Gasteiger partial charge >= 0.3 is 0 Å². The molecule has 0 aromatic heterocycles. The highest BCUT2D eigenvalue weighted by molar-refractivity contribution is 7.92. The van der Waals surface area contributed by atoms with Crippen LogP contribution < -0.4 is 19.8 Å². The van der Waals surface area contributed by atoms with Gasteiger partial charge in [-0.3, -0.25) is 24.0 Å². The van der Waals surface area contributed by atoms with Gasteiger partial charge in [0.15, 0.2) is 0 Å². The number of anilines is 2. The van der Waals surface area contributed by atoms with Gasteiger partial charge in [0.25, 0.3) is 21.6 Å². The third kappa shape index (κ3) is 7.11. The predicted molar refractivity (Wildman–Crippen MR) is 137 cm³/mol. The molecular formula is C24H23N5O7S. The Labute approximate surface area is 212 Å². The molecule has 3 rings (SSSR count). The molecule has 2 amide bonds. The zero-order valence-corrected chi connectivity index (χ0v) is 20.6. The maximum atomic E-state index is 13.5. The van der Waals surface area contributed by atoms with E-state index in [0.29, 0.717) is 17.0 Å². The van der Waals surface area contributed by atoms with Crippen LogP contribution in [0.2, 0.25) is 0 Å². The number of benzene rings is 3. The summed E-state index contributed by atoms with van der Waals surface area (Å²) in [5.74, 6) is -0.569. The highest BCUT2D eigenvalue weighted by Crippen LogP contribution is 2.26. The monoisotopic (exact) mass is 525 g/mol. The fraction of sp³-hybridized carbons (Fsp3) is 0.125. The van der Waals surface area contributed by atoms with Gasteiger partial charge in [-0.1, -0.05) is 12.1 Å². The molecule has 3 aromatic rings. The zero-order chi connectivity index (χ0) is 27.0. The number of nitro groups is 1. The van der Waals surface area contributed by atoms with E-state index in [4.69, 9.17) is 4.74 Å². The van der Waals surface area contributed by atoms with Crippen LogP contribution >= 0.6 is 0 Å². The SMILES string of the molecule is COc1ccc(N(CC(=O)N/N=C\c2cccc([N+](=O)[O-])c2)S(=O)(=O)c2ccc(NC(C)=O)cc2)cc1. The van der Waals surface area contributed by atoms with Crippen LogP contribution in [-0.2, 0) is 19.6 Å². The molecule has 0 saturated carbocycles. The van der Waals surface area contributed by atoms with Crippen LogP contribution in [0.15, 0.2) is 82.8 Å². The van der Waals surface area contributed by atoms with E-state index in [1.54, 1.807) is 18.2 Å². The molecule has 3 aromatic carbocycles. The number of ether oxygens (including phenoxy) is 1. The molecule has 0 unspecified atom stereocenters. The molecule has 13 heteroatoms. The first-order chi connectivity index (χ1) is 17.6. The summed E-state index contributed by atoms with van der Waals surface area (Å²) in [6, 6.07) is 17.2. The molecule has 0 aliphatic carbocycles. The number of nitrogens with zero attached hydrogens (tertiary/aromatic N) is 3. The number of carbonyl (C=O) groups is 2. The van der Waals surface area contributed by atoms with E-state index in [0.717, 1.165) is 4.31 Å². The van der Waals surface area contributed by atoms with Crippen molar-refractivity contribution in [2.45, 2.75) is 11.8 Å². The van der Waals surface area contributed by atoms with Crippen molar-refractivity contribution in [3.8, 4) is 5.75 Å². The second kappa shape index (κ2) is 11.8. The number of non-ortho nitro benzene ring substituents is 1. The number of carbonyl (C=O) groups excluding carboxylic acids is 2. The Hall–Kier alpha value is -4.78. The summed E-state index contributed by atoms with van der Waals surface area (Å²) in [6.45, 7) is 0.713. The second-order valence-electron chi connectivity index (χ2n) is 7.56. The third-order valence-corrected chi connectivity index (χ3v) is 6.68. The van der Waals surface area contributed by atoms with Gasteiger partial charge in [0, 0.05) is 30.3 Å². The number of amides is 2. The van der Waals surface area contributed by atoms with E-state index in [9.17, 15) is 28.1 Å². The van der Waals surface area contributed by atoms with Crippen molar-refractivity contribution < 1.29 is 27.7 Å². The van der Waals surface area contributed by atoms with Gasteiger partial charge in [0.1, 0.15) is 12.3 Å². The van der Waals surface area contributed by atoms with Crippen LogP contribution in [0.5, 0.6) is 5.75 Å². The molecule has 37 heavy (non-hydrogen) atoms. The van der Waals surface area contributed by atoms with Gasteiger partial charge in [0.2, 0.25) is 5.91 Å². The average Bonchev–Trinajstić information content (AvgIpc) is 2.87. The smallest absolute Gasteiger partial charge is 0.270 e. The number of sulfonamides is 1. The van der Waals surface area contributed by atoms with Crippen molar-refractivity contribution in [3.63, 3.8) is 0 Å². The lowest BCUT2D eigenvalue weighted by Gasteiger charge is -2.24. The Morgan fingerprint density at radius 2 is 1.76 bits per heavy atom. The molecule has 0 bridgehead atoms. The number of nitrogens with one attached hydrogen (secondary N) is 2. The van der Waals surface area contributed by atoms with Gasteiger partial charge in [-0.25, -0.2) is 13.8 Å². The normalized spacial score (nSPS) is 11.1. The van der Waals surface area contributed by atoms with Gasteiger partial charge in [-0.05, 0) is 48.5 Å². The lowest BCUT2D eigenvalue weighted by atomic mass is 10.2. The summed E-state index contributed by atoms with van der Waals surface area (Å²) in [5.41, 5.74) is 3.08. The average molecular weight is 526 g/mol. The molecule has 0 atom stereocenters. The fourth-order valence-electron chi connectivity index (χ4n) is 3.17. The summed E-state index contributed by atoms with van der Waals surface area (Å²) < 4.78 is 33.0. The molecule has 0 aliphatic rings. The van der Waals surface area contributed by atoms with Crippen molar-refractivity contribution in [1.29, 1.82) is 0 Å².